The lowest BCUT2D eigenvalue weighted by molar-refractivity contribution is -0.120. The molecule has 1 amide bonds. The molecule has 104 valence electrons. The average molecular weight is 337 g/mol. The maximum absolute atomic E-state index is 13.0. The maximum Gasteiger partial charge on any atom is 0.248 e. The van der Waals surface area contributed by atoms with Crippen LogP contribution in [-0.4, -0.2) is 5.91 Å². The molecule has 0 aliphatic heterocycles. The van der Waals surface area contributed by atoms with Gasteiger partial charge in [0.05, 0.1) is 5.69 Å². The first-order chi connectivity index (χ1) is 9.41. The summed E-state index contributed by atoms with van der Waals surface area (Å²) in [4.78, 5) is 12.3. The molecule has 0 spiro atoms. The zero-order valence-electron chi connectivity index (χ0n) is 10.9. The largest absolute Gasteiger partial charge is 0.323 e. The number of carbonyl (C=O) groups is 1. The fraction of sp³-hybridized carbons (Fsp3) is 0.133. The van der Waals surface area contributed by atoms with Crippen LogP contribution in [0.1, 0.15) is 12.5 Å². The van der Waals surface area contributed by atoms with Crippen molar-refractivity contribution >= 4 is 27.5 Å². The van der Waals surface area contributed by atoms with Crippen molar-refractivity contribution in [1.82, 2.24) is 0 Å². The first-order valence-electron chi connectivity index (χ1n) is 6.02. The van der Waals surface area contributed by atoms with Crippen LogP contribution in [0.2, 0.25) is 0 Å². The number of hydrogen-bond donors (Lipinski definition) is 2. The molecule has 2 aromatic carbocycles. The standard InChI is InChI=1S/C15H14BrFN2O/c1-15(18,10-5-3-2-4-6-10)14(20)19-13-8-7-11(17)9-12(13)16/h2-9H,18H2,1H3,(H,19,20). The van der Waals surface area contributed by atoms with Crippen LogP contribution in [0.5, 0.6) is 0 Å². The van der Waals surface area contributed by atoms with Crippen LogP contribution in [-0.2, 0) is 10.3 Å². The minimum absolute atomic E-state index is 0.365. The number of carbonyl (C=O) groups excluding carboxylic acids is 1. The first kappa shape index (κ1) is 14.7. The highest BCUT2D eigenvalue weighted by Gasteiger charge is 2.30. The predicted octanol–water partition coefficient (Wildman–Crippen LogP) is 3.40. The van der Waals surface area contributed by atoms with Crippen molar-refractivity contribution in [3.8, 4) is 0 Å². The van der Waals surface area contributed by atoms with E-state index in [9.17, 15) is 9.18 Å². The molecular formula is C15H14BrFN2O. The molecule has 0 saturated heterocycles. The van der Waals surface area contributed by atoms with Gasteiger partial charge in [-0.2, -0.15) is 0 Å². The minimum atomic E-state index is -1.17. The Balaban J connectivity index is 2.23. The second-order valence-corrected chi connectivity index (χ2v) is 5.50. The van der Waals surface area contributed by atoms with Gasteiger partial charge >= 0.3 is 0 Å². The van der Waals surface area contributed by atoms with Crippen LogP contribution in [0.15, 0.2) is 53.0 Å². The van der Waals surface area contributed by atoms with E-state index in [4.69, 9.17) is 5.73 Å². The topological polar surface area (TPSA) is 55.1 Å². The second-order valence-electron chi connectivity index (χ2n) is 4.65. The SMILES string of the molecule is CC(N)(C(=O)Nc1ccc(F)cc1Br)c1ccccc1. The lowest BCUT2D eigenvalue weighted by atomic mass is 9.92. The van der Waals surface area contributed by atoms with E-state index >= 15 is 0 Å². The normalized spacial score (nSPS) is 13.6. The van der Waals surface area contributed by atoms with Crippen LogP contribution in [0.25, 0.3) is 0 Å². The first-order valence-corrected chi connectivity index (χ1v) is 6.81. The third-order valence-corrected chi connectivity index (χ3v) is 3.68. The Labute approximate surface area is 125 Å². The van der Waals surface area contributed by atoms with E-state index < -0.39 is 5.54 Å². The lowest BCUT2D eigenvalue weighted by Crippen LogP contribution is -2.45. The summed E-state index contributed by atoms with van der Waals surface area (Å²) >= 11 is 3.20. The van der Waals surface area contributed by atoms with Crippen molar-refractivity contribution in [3.05, 3.63) is 64.4 Å². The Morgan fingerprint density at radius 3 is 2.50 bits per heavy atom. The lowest BCUT2D eigenvalue weighted by Gasteiger charge is -2.24. The van der Waals surface area contributed by atoms with E-state index in [0.29, 0.717) is 15.7 Å². The second kappa shape index (κ2) is 5.73. The molecule has 0 aromatic heterocycles. The number of hydrogen-bond acceptors (Lipinski definition) is 2. The number of benzene rings is 2. The van der Waals surface area contributed by atoms with E-state index in [1.54, 1.807) is 19.1 Å². The molecule has 0 aliphatic carbocycles. The summed E-state index contributed by atoms with van der Waals surface area (Å²) < 4.78 is 13.5. The molecule has 1 unspecified atom stereocenters. The molecule has 3 N–H and O–H groups in total. The number of rotatable bonds is 3. The van der Waals surface area contributed by atoms with Crippen LogP contribution in [0.4, 0.5) is 10.1 Å². The Bertz CT molecular complexity index is 629. The summed E-state index contributed by atoms with van der Waals surface area (Å²) in [5.74, 6) is -0.746. The number of nitrogens with two attached hydrogens (primary N) is 1. The van der Waals surface area contributed by atoms with Gasteiger partial charge in [-0.3, -0.25) is 4.79 Å². The third kappa shape index (κ3) is 3.05. The fourth-order valence-corrected chi connectivity index (χ4v) is 2.21. The van der Waals surface area contributed by atoms with Crippen LogP contribution in [0.3, 0.4) is 0 Å². The van der Waals surface area contributed by atoms with Crippen molar-refractivity contribution in [2.24, 2.45) is 5.73 Å². The summed E-state index contributed by atoms with van der Waals surface area (Å²) in [6.07, 6.45) is 0. The monoisotopic (exact) mass is 336 g/mol. The molecule has 3 nitrogen and oxygen atoms in total. The van der Waals surface area contributed by atoms with Crippen LogP contribution >= 0.6 is 15.9 Å². The van der Waals surface area contributed by atoms with Gasteiger partial charge in [-0.1, -0.05) is 30.3 Å². The molecule has 0 bridgehead atoms. The minimum Gasteiger partial charge on any atom is -0.323 e. The molecule has 2 rings (SSSR count). The van der Waals surface area contributed by atoms with Gasteiger partial charge in [-0.05, 0) is 46.6 Å². The Morgan fingerprint density at radius 1 is 1.25 bits per heavy atom. The van der Waals surface area contributed by atoms with Crippen molar-refractivity contribution in [2.45, 2.75) is 12.5 Å². The highest BCUT2D eigenvalue weighted by molar-refractivity contribution is 9.10. The van der Waals surface area contributed by atoms with Crippen molar-refractivity contribution in [2.75, 3.05) is 5.32 Å². The van der Waals surface area contributed by atoms with Gasteiger partial charge < -0.3 is 11.1 Å². The molecule has 2 aromatic rings. The predicted molar refractivity (Wildman–Crippen MR) is 80.7 cm³/mol. The highest BCUT2D eigenvalue weighted by atomic mass is 79.9. The molecule has 0 radical (unpaired) electrons. The number of anilines is 1. The average Bonchev–Trinajstić information content (AvgIpc) is 2.42. The van der Waals surface area contributed by atoms with Crippen molar-refractivity contribution in [1.29, 1.82) is 0 Å². The van der Waals surface area contributed by atoms with Gasteiger partial charge in [0.15, 0.2) is 0 Å². The van der Waals surface area contributed by atoms with Crippen molar-refractivity contribution in [3.63, 3.8) is 0 Å². The molecule has 0 saturated carbocycles. The van der Waals surface area contributed by atoms with Crippen LogP contribution in [0, 0.1) is 5.82 Å². The van der Waals surface area contributed by atoms with Gasteiger partial charge in [0.2, 0.25) is 5.91 Å². The van der Waals surface area contributed by atoms with E-state index in [2.05, 4.69) is 21.2 Å². The van der Waals surface area contributed by atoms with Gasteiger partial charge in [0.1, 0.15) is 11.4 Å². The van der Waals surface area contributed by atoms with Gasteiger partial charge in [-0.25, -0.2) is 4.39 Å². The van der Waals surface area contributed by atoms with Crippen LogP contribution < -0.4 is 11.1 Å². The molecule has 1 atom stereocenters. The summed E-state index contributed by atoms with van der Waals surface area (Å²) in [6.45, 7) is 1.63. The van der Waals surface area contributed by atoms with Gasteiger partial charge in [0, 0.05) is 4.47 Å². The summed E-state index contributed by atoms with van der Waals surface area (Å²) in [6, 6.07) is 13.1. The Kier molecular flexibility index (Phi) is 4.20. The molecular weight excluding hydrogens is 323 g/mol. The zero-order valence-corrected chi connectivity index (χ0v) is 12.4. The number of halogens is 2. The smallest absolute Gasteiger partial charge is 0.248 e. The van der Waals surface area contributed by atoms with Gasteiger partial charge in [0.25, 0.3) is 0 Å². The van der Waals surface area contributed by atoms with Gasteiger partial charge in [-0.15, -0.1) is 0 Å². The van der Waals surface area contributed by atoms with E-state index in [1.165, 1.54) is 18.2 Å². The highest BCUT2D eigenvalue weighted by Crippen LogP contribution is 2.26. The summed E-state index contributed by atoms with van der Waals surface area (Å²) in [5, 5.41) is 2.70. The van der Waals surface area contributed by atoms with E-state index in [1.807, 2.05) is 18.2 Å². The molecule has 0 heterocycles. The number of amides is 1. The maximum atomic E-state index is 13.0. The molecule has 0 aliphatic rings. The molecule has 5 heteroatoms. The molecule has 0 fully saturated rings. The summed E-state index contributed by atoms with van der Waals surface area (Å²) in [5.41, 5.74) is 6.12. The Hall–Kier alpha value is -1.72. The van der Waals surface area contributed by atoms with Crippen molar-refractivity contribution < 1.29 is 9.18 Å². The summed E-state index contributed by atoms with van der Waals surface area (Å²) in [7, 11) is 0. The fourth-order valence-electron chi connectivity index (χ4n) is 1.76. The van der Waals surface area contributed by atoms with E-state index in [-0.39, 0.29) is 11.7 Å². The zero-order chi connectivity index (χ0) is 14.8. The third-order valence-electron chi connectivity index (χ3n) is 3.02. The Morgan fingerprint density at radius 2 is 1.90 bits per heavy atom. The quantitative estimate of drug-likeness (QED) is 0.902. The molecule has 20 heavy (non-hydrogen) atoms. The van der Waals surface area contributed by atoms with E-state index in [0.717, 1.165) is 0 Å². The number of nitrogens with one attached hydrogen (secondary N) is 1.